The summed E-state index contributed by atoms with van der Waals surface area (Å²) in [7, 11) is -7.52. The fourth-order valence-electron chi connectivity index (χ4n) is 0.419. The summed E-state index contributed by atoms with van der Waals surface area (Å²) in [4.78, 5) is 0. The third-order valence-electron chi connectivity index (χ3n) is 1.05. The van der Waals surface area contributed by atoms with E-state index < -0.39 is 23.9 Å². The van der Waals surface area contributed by atoms with Crippen molar-refractivity contribution in [1.82, 2.24) is 0 Å². The van der Waals surface area contributed by atoms with Crippen LogP contribution in [0.3, 0.4) is 0 Å². The molecule has 27 heavy (non-hydrogen) atoms. The van der Waals surface area contributed by atoms with E-state index in [-0.39, 0.29) is 90.8 Å². The standard InChI is InChI=1S/C3H8O4S2.C3H6O.6CH4.Na.H2O3S2.2H2O/c1-3(4)2-9(6,8)7-5;1-3-2-4-3;;;;;;;;1-5(2,3)4;;/h3-5H,2H2,1H3;3H,2H2,1H3;6*1H4;;(H2,1,2,3,4);2*1H2/q;;;;;;;;+1;;;/p-4. The van der Waals surface area contributed by atoms with E-state index in [2.05, 4.69) is 33.6 Å². The largest absolute Gasteiger partial charge is 1.00 e. The number of rotatable bonds is 3. The van der Waals surface area contributed by atoms with Crippen LogP contribution in [0.4, 0.5) is 0 Å². The molecule has 0 aromatic heterocycles. The van der Waals surface area contributed by atoms with Crippen LogP contribution in [0.25, 0.3) is 0 Å². The van der Waals surface area contributed by atoms with Gasteiger partial charge in [0.15, 0.2) is 0 Å². The first-order chi connectivity index (χ1) is 7.87. The van der Waals surface area contributed by atoms with Gasteiger partial charge >= 0.3 is 29.6 Å². The van der Waals surface area contributed by atoms with Crippen LogP contribution < -0.4 is 34.8 Å². The molecule has 1 rings (SSSR count). The minimum absolute atomic E-state index is 0. The molecule has 1 aliphatic heterocycles. The normalized spacial score (nSPS) is 15.0. The molecule has 15 heteroatoms. The maximum Gasteiger partial charge on any atom is 1.00 e. The Morgan fingerprint density at radius 1 is 1.15 bits per heavy atom. The first-order valence-electron chi connectivity index (χ1n) is 4.38. The van der Waals surface area contributed by atoms with Crippen LogP contribution in [0.2, 0.25) is 0 Å². The number of aliphatic hydroxyl groups is 1. The monoisotopic (exact) mass is 495 g/mol. The van der Waals surface area contributed by atoms with Crippen LogP contribution in [-0.2, 0) is 49.3 Å². The molecule has 3 unspecified atom stereocenters. The second-order valence-electron chi connectivity index (χ2n) is 3.19. The number of epoxide rings is 1. The zero-order valence-electron chi connectivity index (χ0n) is 11.5. The van der Waals surface area contributed by atoms with Crippen molar-refractivity contribution in [3.05, 3.63) is 0 Å². The molecule has 0 amide bonds. The number of aliphatic hydroxyl groups excluding tert-OH is 1. The molecule has 0 aromatic rings. The van der Waals surface area contributed by atoms with Gasteiger partial charge in [-0.2, -0.15) is 0 Å². The number of hydrogen-bond acceptors (Lipinski definition) is 11. The molecule has 0 spiro atoms. The van der Waals surface area contributed by atoms with E-state index in [1.807, 2.05) is 0 Å². The summed E-state index contributed by atoms with van der Waals surface area (Å²) < 4.78 is 45.0. The molecule has 0 aliphatic carbocycles. The van der Waals surface area contributed by atoms with Crippen molar-refractivity contribution in [3.63, 3.8) is 0 Å². The Labute approximate surface area is 199 Å². The Balaban J connectivity index is -0.0000000142. The van der Waals surface area contributed by atoms with Gasteiger partial charge in [-0.25, -0.2) is 4.21 Å². The minimum Gasteiger partial charge on any atom is -0.870 e. The maximum atomic E-state index is 10.5. The summed E-state index contributed by atoms with van der Waals surface area (Å²) >= 11 is 7.40. The van der Waals surface area contributed by atoms with Crippen LogP contribution in [0.15, 0.2) is 0 Å². The third-order valence-corrected chi connectivity index (χ3v) is 2.72. The molecular weight excluding hydrogens is 455 g/mol. The van der Waals surface area contributed by atoms with Crippen LogP contribution in [0.5, 0.6) is 0 Å². The van der Waals surface area contributed by atoms with Crippen LogP contribution in [0, 0.1) is 0 Å². The van der Waals surface area contributed by atoms with Crippen LogP contribution in [-0.4, -0.2) is 58.1 Å². The molecule has 1 aliphatic rings. The number of ether oxygens (including phenoxy) is 1. The summed E-state index contributed by atoms with van der Waals surface area (Å²) in [5.74, 6) is -0.286. The SMILES string of the molecule is C.C.C.C.C.C.CC(O)CS(=O)(=S)O[O-].CC1CO1.O.O=S([O-])([O-])=S.[Na+].[OH-]. The van der Waals surface area contributed by atoms with Gasteiger partial charge in [0.2, 0.25) is 0 Å². The molecule has 176 valence electrons. The molecule has 0 saturated carbocycles. The molecule has 4 N–H and O–H groups in total. The predicted molar refractivity (Wildman–Crippen MR) is 112 cm³/mol. The van der Waals surface area contributed by atoms with Gasteiger partial charge in [-0.05, 0) is 25.0 Å². The average molecular weight is 496 g/mol. The van der Waals surface area contributed by atoms with E-state index in [0.29, 0.717) is 6.10 Å². The number of hydrogen-bond donors (Lipinski definition) is 1. The topological polar surface area (TPSA) is 207 Å². The average Bonchev–Trinajstić information content (AvgIpc) is 2.83. The fourth-order valence-corrected chi connectivity index (χ4v) is 1.66. The molecule has 0 bridgehead atoms. The Bertz CT molecular complexity index is 404. The van der Waals surface area contributed by atoms with Crippen molar-refractivity contribution in [2.75, 3.05) is 12.4 Å². The molecule has 1 saturated heterocycles. The van der Waals surface area contributed by atoms with Gasteiger partial charge in [-0.15, -0.1) is 9.05 Å². The maximum absolute atomic E-state index is 10.5. The third kappa shape index (κ3) is 115. The van der Waals surface area contributed by atoms with E-state index in [0.717, 1.165) is 6.61 Å². The molecule has 0 aromatic carbocycles. The van der Waals surface area contributed by atoms with E-state index in [4.69, 9.17) is 23.2 Å². The molecule has 1 fully saturated rings. The predicted octanol–water partition coefficient (Wildman–Crippen LogP) is -2.46. The van der Waals surface area contributed by atoms with Crippen molar-refractivity contribution in [2.24, 2.45) is 0 Å². The summed E-state index contributed by atoms with van der Waals surface area (Å²) in [6.07, 6.45) is -0.274. The van der Waals surface area contributed by atoms with Crippen molar-refractivity contribution >= 4 is 40.2 Å². The van der Waals surface area contributed by atoms with Crippen LogP contribution in [0.1, 0.15) is 58.4 Å². The van der Waals surface area contributed by atoms with Crippen molar-refractivity contribution in [1.29, 1.82) is 0 Å². The van der Waals surface area contributed by atoms with E-state index in [1.54, 1.807) is 0 Å². The first kappa shape index (κ1) is 70.4. The van der Waals surface area contributed by atoms with E-state index in [1.165, 1.54) is 6.92 Å². The van der Waals surface area contributed by atoms with Crippen LogP contribution >= 0.6 is 0 Å². The second kappa shape index (κ2) is 34.9. The smallest absolute Gasteiger partial charge is 0.870 e. The van der Waals surface area contributed by atoms with Crippen molar-refractivity contribution < 1.29 is 77.5 Å². The second-order valence-corrected chi connectivity index (χ2v) is 8.34. The van der Waals surface area contributed by atoms with Crippen molar-refractivity contribution in [3.8, 4) is 0 Å². The minimum atomic E-state index is -4.33. The van der Waals surface area contributed by atoms with Gasteiger partial charge in [-0.1, -0.05) is 44.6 Å². The molecular formula is C12H40NaO10S4-3. The molecule has 10 nitrogen and oxygen atoms in total. The Hall–Kier alpha value is 1.42. The zero-order chi connectivity index (χ0) is 15.0. The van der Waals surface area contributed by atoms with E-state index in [9.17, 15) is 9.47 Å². The zero-order valence-corrected chi connectivity index (χ0v) is 16.7. The van der Waals surface area contributed by atoms with Gasteiger partial charge in [0.1, 0.15) is 8.77 Å². The van der Waals surface area contributed by atoms with Gasteiger partial charge in [-0.3, -0.25) is 4.21 Å². The van der Waals surface area contributed by atoms with Gasteiger partial charge in [0, 0.05) is 11.2 Å². The quantitative estimate of drug-likeness (QED) is 0.188. The first-order valence-corrected chi connectivity index (χ1v) is 9.29. The van der Waals surface area contributed by atoms with Crippen molar-refractivity contribution in [2.45, 2.75) is 70.6 Å². The summed E-state index contributed by atoms with van der Waals surface area (Å²) in [5.41, 5.74) is 0. The molecule has 0 radical (unpaired) electrons. The summed E-state index contributed by atoms with van der Waals surface area (Å²) in [6.45, 7) is 4.42. The van der Waals surface area contributed by atoms with E-state index >= 15 is 0 Å². The fraction of sp³-hybridized carbons (Fsp3) is 1.00. The summed E-state index contributed by atoms with van der Waals surface area (Å²) in [5, 5.41) is 18.1. The van der Waals surface area contributed by atoms with Gasteiger partial charge in [0.05, 0.1) is 24.6 Å². The molecule has 3 atom stereocenters. The molecule has 1 heterocycles. The Morgan fingerprint density at radius 2 is 1.33 bits per heavy atom. The Morgan fingerprint density at radius 3 is 1.37 bits per heavy atom. The van der Waals surface area contributed by atoms with Gasteiger partial charge < -0.3 is 39.5 Å². The van der Waals surface area contributed by atoms with Gasteiger partial charge in [0.25, 0.3) is 0 Å². The Kier molecular flexibility index (Phi) is 91.0. The summed E-state index contributed by atoms with van der Waals surface area (Å²) in [6, 6.07) is 0.